The van der Waals surface area contributed by atoms with Crippen LogP contribution in [0.5, 0.6) is 5.75 Å². The van der Waals surface area contributed by atoms with E-state index < -0.39 is 12.6 Å². The minimum absolute atomic E-state index is 0.0707. The number of aliphatic imine (C=N–C) groups is 1. The summed E-state index contributed by atoms with van der Waals surface area (Å²) in [6, 6.07) is 9.94. The number of hydrogen-bond acceptors (Lipinski definition) is 5. The number of halogens is 3. The number of nitrogens with one attached hydrogen (secondary N) is 1. The van der Waals surface area contributed by atoms with E-state index in [-0.39, 0.29) is 21.7 Å². The van der Waals surface area contributed by atoms with Crippen LogP contribution in [-0.4, -0.2) is 28.8 Å². The van der Waals surface area contributed by atoms with Crippen LogP contribution >= 0.6 is 46.6 Å². The molecule has 1 saturated heterocycles. The Morgan fingerprint density at radius 3 is 2.43 bits per heavy atom. The fourth-order valence-electron chi connectivity index (χ4n) is 2.20. The predicted octanol–water partition coefficient (Wildman–Crippen LogP) is 5.00. The first-order chi connectivity index (χ1) is 13.3. The highest BCUT2D eigenvalue weighted by molar-refractivity contribution is 8.18. The summed E-state index contributed by atoms with van der Waals surface area (Å²) in [5, 5.41) is 12.7. The molecule has 2 aromatic rings. The number of aliphatic carboxylic acids is 1. The number of benzene rings is 2. The summed E-state index contributed by atoms with van der Waals surface area (Å²) in [4.78, 5) is 27.6. The average molecular weight is 458 g/mol. The van der Waals surface area contributed by atoms with Crippen LogP contribution in [0.1, 0.15) is 5.56 Å². The number of carboxylic acid groups (broad SMARTS) is 1. The van der Waals surface area contributed by atoms with E-state index in [2.05, 4.69) is 10.3 Å². The first-order valence-electron chi connectivity index (χ1n) is 7.70. The molecule has 6 nitrogen and oxygen atoms in total. The molecule has 144 valence electrons. The number of amidine groups is 1. The monoisotopic (exact) mass is 456 g/mol. The maximum atomic E-state index is 12.2. The van der Waals surface area contributed by atoms with Gasteiger partial charge in [-0.25, -0.2) is 9.79 Å². The summed E-state index contributed by atoms with van der Waals surface area (Å²) < 4.78 is 5.07. The van der Waals surface area contributed by atoms with E-state index in [1.54, 1.807) is 30.3 Å². The molecule has 28 heavy (non-hydrogen) atoms. The topological polar surface area (TPSA) is 88.0 Å². The van der Waals surface area contributed by atoms with Crippen molar-refractivity contribution in [2.45, 2.75) is 0 Å². The van der Waals surface area contributed by atoms with Gasteiger partial charge in [0.05, 0.1) is 20.6 Å². The van der Waals surface area contributed by atoms with Crippen molar-refractivity contribution in [3.05, 3.63) is 61.9 Å². The zero-order valence-electron chi connectivity index (χ0n) is 13.9. The predicted molar refractivity (Wildman–Crippen MR) is 112 cm³/mol. The van der Waals surface area contributed by atoms with Crippen LogP contribution in [0.25, 0.3) is 6.08 Å². The normalized spacial score (nSPS) is 16.5. The van der Waals surface area contributed by atoms with Gasteiger partial charge in [0, 0.05) is 5.02 Å². The van der Waals surface area contributed by atoms with Crippen LogP contribution in [0, 0.1) is 0 Å². The smallest absolute Gasteiger partial charge is 0.341 e. The van der Waals surface area contributed by atoms with Crippen molar-refractivity contribution in [1.29, 1.82) is 0 Å². The molecule has 10 heteroatoms. The Morgan fingerprint density at radius 1 is 1.18 bits per heavy atom. The van der Waals surface area contributed by atoms with Crippen molar-refractivity contribution < 1.29 is 19.4 Å². The van der Waals surface area contributed by atoms with Gasteiger partial charge in [0.15, 0.2) is 17.5 Å². The van der Waals surface area contributed by atoms with Gasteiger partial charge in [0.2, 0.25) is 0 Å². The molecule has 0 aliphatic carbocycles. The molecule has 0 aromatic heterocycles. The molecule has 1 fully saturated rings. The quantitative estimate of drug-likeness (QED) is 0.617. The average Bonchev–Trinajstić information content (AvgIpc) is 2.95. The van der Waals surface area contributed by atoms with Crippen LogP contribution in [-0.2, 0) is 9.59 Å². The summed E-state index contributed by atoms with van der Waals surface area (Å²) >= 11 is 19.2. The Bertz CT molecular complexity index is 983. The Labute approximate surface area is 179 Å². The van der Waals surface area contributed by atoms with Crippen molar-refractivity contribution >= 4 is 75.4 Å². The SMILES string of the molecule is O=C(O)COc1c(Cl)cc(/C=C2\SC(=Nc3ccc(Cl)cc3)NC2=O)cc1Cl. The molecule has 0 atom stereocenters. The number of carboxylic acids is 1. The lowest BCUT2D eigenvalue weighted by atomic mass is 10.2. The molecule has 0 spiro atoms. The van der Waals surface area contributed by atoms with Crippen molar-refractivity contribution in [2.75, 3.05) is 6.61 Å². The van der Waals surface area contributed by atoms with Crippen LogP contribution in [0.15, 0.2) is 46.3 Å². The Hall–Kier alpha value is -2.19. The van der Waals surface area contributed by atoms with E-state index in [1.807, 2.05) is 0 Å². The van der Waals surface area contributed by atoms with Gasteiger partial charge in [-0.05, 0) is 59.8 Å². The molecule has 0 saturated carbocycles. The van der Waals surface area contributed by atoms with E-state index in [9.17, 15) is 9.59 Å². The number of thioether (sulfide) groups is 1. The third-order valence-electron chi connectivity index (χ3n) is 3.37. The maximum absolute atomic E-state index is 12.2. The van der Waals surface area contributed by atoms with E-state index in [0.717, 1.165) is 0 Å². The van der Waals surface area contributed by atoms with Gasteiger partial charge in [0.1, 0.15) is 0 Å². The molecule has 1 aliphatic rings. The van der Waals surface area contributed by atoms with E-state index in [0.29, 0.717) is 26.3 Å². The highest BCUT2D eigenvalue weighted by atomic mass is 35.5. The van der Waals surface area contributed by atoms with Crippen molar-refractivity contribution in [3.8, 4) is 5.75 Å². The second-order valence-corrected chi connectivity index (χ2v) is 7.74. The fourth-order valence-corrected chi connectivity index (χ4v) is 3.78. The lowest BCUT2D eigenvalue weighted by molar-refractivity contribution is -0.139. The third-order valence-corrected chi connectivity index (χ3v) is 5.09. The van der Waals surface area contributed by atoms with Crippen molar-refractivity contribution in [1.82, 2.24) is 5.32 Å². The number of ether oxygens (including phenoxy) is 1. The van der Waals surface area contributed by atoms with Gasteiger partial charge < -0.3 is 15.2 Å². The minimum atomic E-state index is -1.15. The van der Waals surface area contributed by atoms with E-state index in [4.69, 9.17) is 44.6 Å². The van der Waals surface area contributed by atoms with Crippen LogP contribution in [0.2, 0.25) is 15.1 Å². The van der Waals surface area contributed by atoms with Gasteiger partial charge in [-0.3, -0.25) is 4.79 Å². The molecule has 1 amide bonds. The molecule has 3 rings (SSSR count). The molecule has 2 N–H and O–H groups in total. The first-order valence-corrected chi connectivity index (χ1v) is 9.65. The number of amides is 1. The van der Waals surface area contributed by atoms with Gasteiger partial charge in [-0.2, -0.15) is 0 Å². The van der Waals surface area contributed by atoms with Gasteiger partial charge in [-0.1, -0.05) is 34.8 Å². The largest absolute Gasteiger partial charge is 0.479 e. The number of carbonyl (C=O) groups excluding carboxylic acids is 1. The zero-order chi connectivity index (χ0) is 20.3. The fraction of sp³-hybridized carbons (Fsp3) is 0.0556. The second kappa shape index (κ2) is 8.87. The zero-order valence-corrected chi connectivity index (χ0v) is 17.0. The van der Waals surface area contributed by atoms with Gasteiger partial charge >= 0.3 is 5.97 Å². The molecule has 2 aromatic carbocycles. The van der Waals surface area contributed by atoms with E-state index >= 15 is 0 Å². The Kier molecular flexibility index (Phi) is 6.51. The van der Waals surface area contributed by atoms with Crippen molar-refractivity contribution in [2.24, 2.45) is 4.99 Å². The Morgan fingerprint density at radius 2 is 1.82 bits per heavy atom. The molecule has 1 aliphatic heterocycles. The minimum Gasteiger partial charge on any atom is -0.479 e. The molecular formula is C18H11Cl3N2O4S. The lowest BCUT2D eigenvalue weighted by Crippen LogP contribution is -2.19. The number of hydrogen-bond donors (Lipinski definition) is 2. The molecule has 0 bridgehead atoms. The van der Waals surface area contributed by atoms with Crippen LogP contribution in [0.4, 0.5) is 5.69 Å². The molecule has 1 heterocycles. The number of rotatable bonds is 5. The molecule has 0 unspecified atom stereocenters. The summed E-state index contributed by atoms with van der Waals surface area (Å²) in [7, 11) is 0. The summed E-state index contributed by atoms with van der Waals surface area (Å²) in [5.74, 6) is -1.39. The van der Waals surface area contributed by atoms with Crippen molar-refractivity contribution in [3.63, 3.8) is 0 Å². The molecule has 0 radical (unpaired) electrons. The highest BCUT2D eigenvalue weighted by Crippen LogP contribution is 2.36. The maximum Gasteiger partial charge on any atom is 0.341 e. The number of carbonyl (C=O) groups is 2. The first kappa shape index (κ1) is 20.5. The van der Waals surface area contributed by atoms with Crippen LogP contribution < -0.4 is 10.1 Å². The lowest BCUT2D eigenvalue weighted by Gasteiger charge is -2.09. The third kappa shape index (κ3) is 5.20. The second-order valence-electron chi connectivity index (χ2n) is 5.45. The van der Waals surface area contributed by atoms with Crippen LogP contribution in [0.3, 0.4) is 0 Å². The molecular weight excluding hydrogens is 447 g/mol. The summed E-state index contributed by atoms with van der Waals surface area (Å²) in [6.07, 6.45) is 1.60. The van der Waals surface area contributed by atoms with Gasteiger partial charge in [-0.15, -0.1) is 0 Å². The highest BCUT2D eigenvalue weighted by Gasteiger charge is 2.24. The van der Waals surface area contributed by atoms with Gasteiger partial charge in [0.25, 0.3) is 5.91 Å². The number of nitrogens with zero attached hydrogens (tertiary/aromatic N) is 1. The standard InChI is InChI=1S/C18H11Cl3N2O4S/c19-10-1-3-11(4-2-10)22-18-23-17(26)14(28-18)7-9-5-12(20)16(13(21)6-9)27-8-15(24)25/h1-7H,8H2,(H,24,25)(H,22,23,26)/b14-7-. The Balaban J connectivity index is 1.80. The summed E-state index contributed by atoms with van der Waals surface area (Å²) in [5.41, 5.74) is 1.21. The van der Waals surface area contributed by atoms with E-state index in [1.165, 1.54) is 23.9 Å². The summed E-state index contributed by atoms with van der Waals surface area (Å²) in [6.45, 7) is -0.567.